The fourth-order valence-corrected chi connectivity index (χ4v) is 6.66. The number of hydrogen-bond acceptors (Lipinski definition) is 3. The van der Waals surface area contributed by atoms with Crippen LogP contribution >= 0.6 is 11.3 Å². The highest BCUT2D eigenvalue weighted by atomic mass is 32.1. The number of aromatic nitrogens is 1. The molecule has 6 aromatic rings. The van der Waals surface area contributed by atoms with Crippen LogP contribution in [0.3, 0.4) is 0 Å². The summed E-state index contributed by atoms with van der Waals surface area (Å²) in [6, 6.07) is 25.2. The number of rotatable bonds is 7. The van der Waals surface area contributed by atoms with Crippen molar-refractivity contribution in [2.45, 2.75) is 19.8 Å². The number of hydrogen-bond donors (Lipinski definition) is 2. The first-order valence-corrected chi connectivity index (χ1v) is 16.4. The summed E-state index contributed by atoms with van der Waals surface area (Å²) in [4.78, 5) is 3.69. The smallest absolute Gasteiger partial charge is 0.129 e. The van der Waals surface area contributed by atoms with Crippen LogP contribution in [0.15, 0.2) is 160 Å². The SMILES string of the molecule is C1=CCCC=C1.C=C/C=C(\C=C/Oc1ccccc1C)c1cc(C(=C)N)c2[nH]c3c(ccc4c5ccccc5sc43)c2c1.C=CC=C. The van der Waals surface area contributed by atoms with Gasteiger partial charge in [0, 0.05) is 37.5 Å². The Kier molecular flexibility index (Phi) is 10.9. The van der Waals surface area contributed by atoms with Crippen molar-refractivity contribution in [2.75, 3.05) is 0 Å². The second-order valence-corrected chi connectivity index (χ2v) is 12.1. The molecule has 0 saturated heterocycles. The molecular formula is C43H40N2OS. The molecule has 2 aromatic heterocycles. The van der Waals surface area contributed by atoms with Gasteiger partial charge in [-0.15, -0.1) is 11.3 Å². The molecule has 0 spiro atoms. The van der Waals surface area contributed by atoms with Crippen molar-refractivity contribution in [3.63, 3.8) is 0 Å². The predicted octanol–water partition coefficient (Wildman–Crippen LogP) is 12.3. The maximum atomic E-state index is 6.32. The van der Waals surface area contributed by atoms with Crippen LogP contribution in [0, 0.1) is 6.92 Å². The van der Waals surface area contributed by atoms with E-state index < -0.39 is 0 Å². The number of aryl methyl sites for hydroxylation is 1. The largest absolute Gasteiger partial charge is 0.465 e. The van der Waals surface area contributed by atoms with Crippen LogP contribution < -0.4 is 10.5 Å². The Labute approximate surface area is 281 Å². The highest BCUT2D eigenvalue weighted by Crippen LogP contribution is 2.41. The molecule has 4 aromatic carbocycles. The van der Waals surface area contributed by atoms with Gasteiger partial charge in [-0.2, -0.15) is 0 Å². The third-order valence-corrected chi connectivity index (χ3v) is 8.99. The molecule has 0 saturated carbocycles. The quantitative estimate of drug-likeness (QED) is 0.136. The van der Waals surface area contributed by atoms with Gasteiger partial charge in [-0.1, -0.05) is 123 Å². The summed E-state index contributed by atoms with van der Waals surface area (Å²) in [6.07, 6.45) is 21.7. The molecule has 47 heavy (non-hydrogen) atoms. The van der Waals surface area contributed by atoms with Crippen molar-refractivity contribution in [1.82, 2.24) is 4.98 Å². The fraction of sp³-hybridized carbons (Fsp3) is 0.0698. The van der Waals surface area contributed by atoms with Gasteiger partial charge in [-0.3, -0.25) is 0 Å². The minimum atomic E-state index is 0.518. The first-order valence-electron chi connectivity index (χ1n) is 15.6. The summed E-state index contributed by atoms with van der Waals surface area (Å²) in [5.74, 6) is 0.826. The van der Waals surface area contributed by atoms with E-state index in [-0.39, 0.29) is 0 Å². The Morgan fingerprint density at radius 3 is 2.17 bits per heavy atom. The van der Waals surface area contributed by atoms with Crippen molar-refractivity contribution in [3.8, 4) is 5.75 Å². The number of para-hydroxylation sites is 1. The van der Waals surface area contributed by atoms with Crippen LogP contribution in [0.2, 0.25) is 0 Å². The molecule has 3 N–H and O–H groups in total. The third-order valence-electron chi connectivity index (χ3n) is 7.79. The van der Waals surface area contributed by atoms with E-state index >= 15 is 0 Å². The van der Waals surface area contributed by atoms with E-state index in [1.54, 1.807) is 24.5 Å². The van der Waals surface area contributed by atoms with Crippen LogP contribution in [0.25, 0.3) is 53.2 Å². The maximum absolute atomic E-state index is 6.32. The van der Waals surface area contributed by atoms with Crippen molar-refractivity contribution in [2.24, 2.45) is 5.73 Å². The minimum Gasteiger partial charge on any atom is -0.465 e. The van der Waals surface area contributed by atoms with Gasteiger partial charge in [0.15, 0.2) is 0 Å². The summed E-state index contributed by atoms with van der Waals surface area (Å²) >= 11 is 1.81. The van der Waals surface area contributed by atoms with E-state index in [1.165, 1.54) is 33.0 Å². The first-order chi connectivity index (χ1) is 23.0. The van der Waals surface area contributed by atoms with Gasteiger partial charge >= 0.3 is 0 Å². The third kappa shape index (κ3) is 7.46. The number of nitrogens with two attached hydrogens (primary N) is 1. The Morgan fingerprint density at radius 1 is 0.809 bits per heavy atom. The van der Waals surface area contributed by atoms with E-state index in [9.17, 15) is 0 Å². The van der Waals surface area contributed by atoms with Gasteiger partial charge in [0.2, 0.25) is 0 Å². The molecule has 4 heteroatoms. The molecular weight excluding hydrogens is 593 g/mol. The number of aromatic amines is 1. The summed E-state index contributed by atoms with van der Waals surface area (Å²) in [6.45, 7) is 16.8. The summed E-state index contributed by atoms with van der Waals surface area (Å²) < 4.78 is 8.46. The van der Waals surface area contributed by atoms with Crippen LogP contribution in [-0.2, 0) is 0 Å². The topological polar surface area (TPSA) is 51.0 Å². The lowest BCUT2D eigenvalue weighted by Crippen LogP contribution is -1.97. The standard InChI is InChI=1S/C33H26N2OS.C6H8.C4H6/c1-4-9-22(16-17-36-29-12-7-5-10-20(29)2)23-18-27(21(3)34)31-28(19-23)25-14-15-26-24-11-6-8-13-30(24)37-33(26)32(25)35-31;1-2-4-6-5-3-1;1-3-4-2/h4-19,35H,1,3,34H2,2H3;1-4H,5-6H2;3-4H,1-2H2/b17-16-,22-9+;;. The van der Waals surface area contributed by atoms with Gasteiger partial charge in [0.05, 0.1) is 22.0 Å². The molecule has 3 nitrogen and oxygen atoms in total. The van der Waals surface area contributed by atoms with Gasteiger partial charge < -0.3 is 15.5 Å². The van der Waals surface area contributed by atoms with E-state index in [1.807, 2.05) is 54.7 Å². The molecule has 0 fully saturated rings. The van der Waals surface area contributed by atoms with Crippen LogP contribution in [0.1, 0.15) is 29.5 Å². The van der Waals surface area contributed by atoms with Crippen molar-refractivity contribution in [3.05, 3.63) is 177 Å². The molecule has 0 atom stereocenters. The van der Waals surface area contributed by atoms with Gasteiger partial charge in [-0.25, -0.2) is 0 Å². The summed E-state index contributed by atoms with van der Waals surface area (Å²) in [5, 5.41) is 4.81. The monoisotopic (exact) mass is 632 g/mol. The van der Waals surface area contributed by atoms with Crippen molar-refractivity contribution in [1.29, 1.82) is 0 Å². The fourth-order valence-electron chi connectivity index (χ4n) is 5.46. The van der Waals surface area contributed by atoms with E-state index in [0.29, 0.717) is 5.70 Å². The number of nitrogens with one attached hydrogen (secondary N) is 1. The second-order valence-electron chi connectivity index (χ2n) is 11.0. The zero-order chi connectivity index (χ0) is 33.2. The molecule has 1 aliphatic carbocycles. The van der Waals surface area contributed by atoms with Crippen molar-refractivity contribution < 1.29 is 4.74 Å². The molecule has 0 aliphatic heterocycles. The van der Waals surface area contributed by atoms with E-state index in [2.05, 4.69) is 104 Å². The molecule has 7 rings (SSSR count). The van der Waals surface area contributed by atoms with Gasteiger partial charge in [-0.05, 0) is 66.8 Å². The predicted molar refractivity (Wildman–Crippen MR) is 209 cm³/mol. The molecule has 234 valence electrons. The Morgan fingerprint density at radius 2 is 1.51 bits per heavy atom. The molecule has 0 unspecified atom stereocenters. The van der Waals surface area contributed by atoms with Crippen LogP contribution in [0.5, 0.6) is 5.75 Å². The summed E-state index contributed by atoms with van der Waals surface area (Å²) in [5.41, 5.74) is 12.9. The molecule has 0 amide bonds. The molecule has 0 bridgehead atoms. The first kappa shape index (κ1) is 32.8. The Hall–Kier alpha value is -5.58. The van der Waals surface area contributed by atoms with Gasteiger partial charge in [0.25, 0.3) is 0 Å². The minimum absolute atomic E-state index is 0.518. The average Bonchev–Trinajstić information content (AvgIpc) is 3.68. The zero-order valence-electron chi connectivity index (χ0n) is 26.8. The zero-order valence-corrected chi connectivity index (χ0v) is 27.7. The van der Waals surface area contributed by atoms with Crippen molar-refractivity contribution >= 4 is 64.6 Å². The van der Waals surface area contributed by atoms with E-state index in [0.717, 1.165) is 49.8 Å². The normalized spacial score (nSPS) is 12.5. The summed E-state index contributed by atoms with van der Waals surface area (Å²) in [7, 11) is 0. The second kappa shape index (κ2) is 15.6. The molecule has 0 radical (unpaired) electrons. The molecule has 2 heterocycles. The number of benzene rings is 4. The lowest BCUT2D eigenvalue weighted by atomic mass is 9.97. The highest BCUT2D eigenvalue weighted by Gasteiger charge is 2.16. The number of allylic oxidation sites excluding steroid dienone is 10. The lowest BCUT2D eigenvalue weighted by molar-refractivity contribution is 0.478. The Balaban J connectivity index is 0.000000375. The van der Waals surface area contributed by atoms with Gasteiger partial charge in [0.1, 0.15) is 5.75 Å². The highest BCUT2D eigenvalue weighted by molar-refractivity contribution is 7.26. The number of ether oxygens (including phenoxy) is 1. The van der Waals surface area contributed by atoms with Crippen LogP contribution in [0.4, 0.5) is 0 Å². The number of fused-ring (bicyclic) bond motifs is 7. The Bertz CT molecular complexity index is 2200. The van der Waals surface area contributed by atoms with E-state index in [4.69, 9.17) is 10.5 Å². The molecule has 1 aliphatic rings. The maximum Gasteiger partial charge on any atom is 0.129 e. The number of H-pyrrole nitrogens is 1. The lowest BCUT2D eigenvalue weighted by Gasteiger charge is -2.09. The number of thiophene rings is 1. The average molecular weight is 633 g/mol. The van der Waals surface area contributed by atoms with Crippen LogP contribution in [-0.4, -0.2) is 4.98 Å².